The number of fused-ring (bicyclic) bond motifs is 1. The molecule has 0 bridgehead atoms. The topological polar surface area (TPSA) is 30.2 Å². The van der Waals surface area contributed by atoms with E-state index in [9.17, 15) is 4.79 Å². The molecule has 160 valence electrons. The Morgan fingerprint density at radius 1 is 0.931 bits per heavy atom. The summed E-state index contributed by atoms with van der Waals surface area (Å²) in [6.07, 6.45) is 13.4. The van der Waals surface area contributed by atoms with Gasteiger partial charge in [-0.05, 0) is 56.6 Å². The van der Waals surface area contributed by atoms with Gasteiger partial charge in [0, 0.05) is 32.2 Å². The Morgan fingerprint density at radius 2 is 1.55 bits per heavy atom. The molecule has 4 heteroatoms. The monoisotopic (exact) mass is 397 g/mol. The second-order valence-electron chi connectivity index (χ2n) is 9.51. The van der Waals surface area contributed by atoms with Crippen LogP contribution in [-0.2, 0) is 6.54 Å². The summed E-state index contributed by atoms with van der Waals surface area (Å²) in [5.41, 5.74) is 2.91. The normalized spacial score (nSPS) is 21.9. The minimum atomic E-state index is 0.178. The van der Waals surface area contributed by atoms with Crippen molar-refractivity contribution in [2.24, 2.45) is 5.41 Å². The lowest BCUT2D eigenvalue weighted by atomic mass is 9.73. The molecule has 0 amide bonds. The largest absolute Gasteiger partial charge is 0.329 e. The molecule has 1 saturated carbocycles. The molecule has 2 heterocycles. The van der Waals surface area contributed by atoms with Crippen LogP contribution in [0.4, 0.5) is 0 Å². The zero-order chi connectivity index (χ0) is 20.3. The number of imidazole rings is 1. The molecule has 1 saturated heterocycles. The number of para-hydroxylation sites is 2. The van der Waals surface area contributed by atoms with E-state index in [0.29, 0.717) is 11.5 Å². The van der Waals surface area contributed by atoms with Gasteiger partial charge in [0.05, 0.1) is 11.0 Å². The molecule has 0 N–H and O–H groups in total. The van der Waals surface area contributed by atoms with Gasteiger partial charge in [0.1, 0.15) is 0 Å². The highest BCUT2D eigenvalue weighted by Gasteiger charge is 2.33. The Kier molecular flexibility index (Phi) is 6.48. The molecule has 1 aromatic carbocycles. The highest BCUT2D eigenvalue weighted by atomic mass is 16.1. The van der Waals surface area contributed by atoms with Gasteiger partial charge in [0.15, 0.2) is 0 Å². The van der Waals surface area contributed by atoms with E-state index in [-0.39, 0.29) is 5.69 Å². The van der Waals surface area contributed by atoms with E-state index in [2.05, 4.69) is 41.5 Å². The maximum absolute atomic E-state index is 13.1. The van der Waals surface area contributed by atoms with Gasteiger partial charge < -0.3 is 4.90 Å². The first-order valence-corrected chi connectivity index (χ1v) is 12.1. The first-order chi connectivity index (χ1) is 14.2. The molecular formula is C25H39N3O. The van der Waals surface area contributed by atoms with Crippen LogP contribution in [0.5, 0.6) is 0 Å². The lowest BCUT2D eigenvalue weighted by molar-refractivity contribution is 0.0849. The average Bonchev–Trinajstić information content (AvgIpc) is 3.02. The fourth-order valence-corrected chi connectivity index (χ4v) is 5.98. The van der Waals surface area contributed by atoms with Crippen molar-refractivity contribution in [2.75, 3.05) is 19.6 Å². The van der Waals surface area contributed by atoms with Gasteiger partial charge >= 0.3 is 5.69 Å². The molecule has 0 unspecified atom stereocenters. The van der Waals surface area contributed by atoms with Crippen molar-refractivity contribution in [3.05, 3.63) is 34.7 Å². The van der Waals surface area contributed by atoms with Gasteiger partial charge in [0.2, 0.25) is 0 Å². The highest BCUT2D eigenvalue weighted by Crippen LogP contribution is 2.39. The number of benzene rings is 1. The second kappa shape index (κ2) is 9.07. The fourth-order valence-electron chi connectivity index (χ4n) is 5.98. The fraction of sp³-hybridized carbons (Fsp3) is 0.720. The van der Waals surface area contributed by atoms with E-state index < -0.39 is 0 Å². The molecular weight excluding hydrogens is 358 g/mol. The maximum Gasteiger partial charge on any atom is 0.329 e. The molecule has 2 aliphatic rings. The molecule has 4 nitrogen and oxygen atoms in total. The van der Waals surface area contributed by atoms with Crippen LogP contribution >= 0.6 is 0 Å². The quantitative estimate of drug-likeness (QED) is 0.657. The Labute approximate surface area is 175 Å². The molecule has 0 radical (unpaired) electrons. The third-order valence-corrected chi connectivity index (χ3v) is 7.83. The van der Waals surface area contributed by atoms with Crippen molar-refractivity contribution < 1.29 is 0 Å². The number of hydrogen-bond donors (Lipinski definition) is 0. The summed E-state index contributed by atoms with van der Waals surface area (Å²) in [7, 11) is 0. The minimum Gasteiger partial charge on any atom is -0.303 e. The van der Waals surface area contributed by atoms with E-state index in [4.69, 9.17) is 0 Å². The summed E-state index contributed by atoms with van der Waals surface area (Å²) in [5.74, 6) is 0. The predicted molar refractivity (Wildman–Crippen MR) is 122 cm³/mol. The molecule has 2 fully saturated rings. The molecule has 29 heavy (non-hydrogen) atoms. The van der Waals surface area contributed by atoms with Crippen LogP contribution in [0.15, 0.2) is 29.1 Å². The lowest BCUT2D eigenvalue weighted by Gasteiger charge is -2.42. The maximum atomic E-state index is 13.1. The van der Waals surface area contributed by atoms with Crippen LogP contribution < -0.4 is 5.69 Å². The van der Waals surface area contributed by atoms with Crippen LogP contribution in [-0.4, -0.2) is 33.7 Å². The van der Waals surface area contributed by atoms with Crippen LogP contribution in [0.2, 0.25) is 0 Å². The average molecular weight is 398 g/mol. The van der Waals surface area contributed by atoms with Crippen molar-refractivity contribution in [1.29, 1.82) is 0 Å². The van der Waals surface area contributed by atoms with Crippen molar-refractivity contribution >= 4 is 11.0 Å². The van der Waals surface area contributed by atoms with Gasteiger partial charge in [0.25, 0.3) is 0 Å². The lowest BCUT2D eigenvalue weighted by Crippen LogP contribution is -2.43. The zero-order valence-corrected chi connectivity index (χ0v) is 18.5. The first-order valence-electron chi connectivity index (χ1n) is 12.1. The van der Waals surface area contributed by atoms with Gasteiger partial charge in [-0.3, -0.25) is 9.13 Å². The van der Waals surface area contributed by atoms with E-state index in [1.807, 2.05) is 10.6 Å². The summed E-state index contributed by atoms with van der Waals surface area (Å²) in [5, 5.41) is 0. The van der Waals surface area contributed by atoms with Crippen LogP contribution in [0.1, 0.15) is 84.1 Å². The third-order valence-electron chi connectivity index (χ3n) is 7.83. The number of aromatic nitrogens is 2. The number of rotatable bonds is 5. The van der Waals surface area contributed by atoms with Crippen molar-refractivity contribution in [3.63, 3.8) is 0 Å². The van der Waals surface area contributed by atoms with Crippen LogP contribution in [0.25, 0.3) is 11.0 Å². The van der Waals surface area contributed by atoms with Crippen LogP contribution in [0.3, 0.4) is 0 Å². The van der Waals surface area contributed by atoms with E-state index in [0.717, 1.165) is 43.5 Å². The molecule has 1 aliphatic heterocycles. The number of piperidine rings is 1. The van der Waals surface area contributed by atoms with Gasteiger partial charge in [-0.25, -0.2) is 4.79 Å². The molecule has 0 spiro atoms. The SMILES string of the molecule is CCn1c(=O)n(C2CCN(CC3(CC)CCCCCCC3)CC2)c2ccccc21. The number of nitrogens with zero attached hydrogens (tertiary/aromatic N) is 3. The summed E-state index contributed by atoms with van der Waals surface area (Å²) >= 11 is 0. The zero-order valence-electron chi connectivity index (χ0n) is 18.5. The number of likely N-dealkylation sites (tertiary alicyclic amines) is 1. The Balaban J connectivity index is 1.47. The van der Waals surface area contributed by atoms with E-state index in [1.165, 1.54) is 57.9 Å². The molecule has 2 aromatic rings. The molecule has 4 rings (SSSR count). The predicted octanol–water partition coefficient (Wildman–Crippen LogP) is 5.60. The molecule has 1 aliphatic carbocycles. The number of hydrogen-bond acceptors (Lipinski definition) is 2. The molecule has 0 atom stereocenters. The van der Waals surface area contributed by atoms with Gasteiger partial charge in [-0.2, -0.15) is 0 Å². The van der Waals surface area contributed by atoms with Crippen molar-refractivity contribution in [2.45, 2.75) is 90.6 Å². The van der Waals surface area contributed by atoms with Crippen molar-refractivity contribution in [3.8, 4) is 0 Å². The van der Waals surface area contributed by atoms with Gasteiger partial charge in [-0.1, -0.05) is 51.2 Å². The summed E-state index contributed by atoms with van der Waals surface area (Å²) in [6, 6.07) is 8.65. The van der Waals surface area contributed by atoms with Crippen LogP contribution in [0, 0.1) is 5.41 Å². The minimum absolute atomic E-state index is 0.178. The Bertz CT molecular complexity index is 849. The number of aryl methyl sites for hydroxylation is 1. The summed E-state index contributed by atoms with van der Waals surface area (Å²) < 4.78 is 4.03. The Morgan fingerprint density at radius 3 is 2.17 bits per heavy atom. The molecule has 1 aromatic heterocycles. The van der Waals surface area contributed by atoms with E-state index >= 15 is 0 Å². The van der Waals surface area contributed by atoms with Crippen molar-refractivity contribution in [1.82, 2.24) is 14.0 Å². The summed E-state index contributed by atoms with van der Waals surface area (Å²) in [6.45, 7) is 8.74. The Hall–Kier alpha value is -1.55. The summed E-state index contributed by atoms with van der Waals surface area (Å²) in [4.78, 5) is 15.8. The smallest absolute Gasteiger partial charge is 0.303 e. The van der Waals surface area contributed by atoms with E-state index in [1.54, 1.807) is 0 Å². The standard InChI is InChI=1S/C25H39N3O/c1-3-25(16-10-6-5-7-11-17-25)20-26-18-14-21(15-19-26)28-23-13-9-8-12-22(23)27(4-2)24(28)29/h8-9,12-13,21H,3-7,10-11,14-20H2,1-2H3. The highest BCUT2D eigenvalue weighted by molar-refractivity contribution is 5.76. The second-order valence-corrected chi connectivity index (χ2v) is 9.51. The van der Waals surface area contributed by atoms with Gasteiger partial charge in [-0.15, -0.1) is 0 Å². The third kappa shape index (κ3) is 4.19. The first kappa shape index (κ1) is 20.7.